The molecule has 3 N–H and O–H groups in total. The lowest BCUT2D eigenvalue weighted by Gasteiger charge is -2.37. The van der Waals surface area contributed by atoms with E-state index in [0.717, 1.165) is 43.9 Å². The normalized spacial score (nSPS) is 22.6. The Morgan fingerprint density at radius 2 is 1.90 bits per heavy atom. The highest BCUT2D eigenvalue weighted by Crippen LogP contribution is 2.20. The highest BCUT2D eigenvalue weighted by atomic mass is 32.2. The number of para-hydroxylation sites is 1. The van der Waals surface area contributed by atoms with Gasteiger partial charge in [0, 0.05) is 37.9 Å². The molecule has 2 aliphatic heterocycles. The average Bonchev–Trinajstić information content (AvgIpc) is 3.04. The molecular weight excluding hydrogens is 390 g/mol. The van der Waals surface area contributed by atoms with Gasteiger partial charge < -0.3 is 11.1 Å². The van der Waals surface area contributed by atoms with E-state index in [1.54, 1.807) is 0 Å². The fraction of sp³-hybridized carbons (Fsp3) is 0.526. The van der Waals surface area contributed by atoms with E-state index in [-0.39, 0.29) is 12.0 Å². The first-order valence-corrected chi connectivity index (χ1v) is 11.7. The highest BCUT2D eigenvalue weighted by Gasteiger charge is 2.33. The SMILES string of the molecule is Cc1ccccc1Nc1nc(N)nc(CN2CCN(C3CCS(=O)(=O)C3)CC2)n1. The van der Waals surface area contributed by atoms with Crippen LogP contribution in [-0.4, -0.2) is 76.9 Å². The number of nitrogens with zero attached hydrogens (tertiary/aromatic N) is 5. The quantitative estimate of drug-likeness (QED) is 0.729. The number of nitrogens with two attached hydrogens (primary N) is 1. The topological polar surface area (TPSA) is 117 Å². The Labute approximate surface area is 171 Å². The van der Waals surface area contributed by atoms with Gasteiger partial charge in [0.15, 0.2) is 9.84 Å². The number of benzene rings is 1. The summed E-state index contributed by atoms with van der Waals surface area (Å²) in [5.41, 5.74) is 7.93. The van der Waals surface area contributed by atoms with Crippen molar-refractivity contribution in [3.05, 3.63) is 35.7 Å². The number of nitrogen functional groups attached to an aromatic ring is 1. The number of piperazine rings is 1. The summed E-state index contributed by atoms with van der Waals surface area (Å²) in [4.78, 5) is 17.6. The number of rotatable bonds is 5. The van der Waals surface area contributed by atoms with Gasteiger partial charge in [-0.05, 0) is 25.0 Å². The Hall–Kier alpha value is -2.30. The van der Waals surface area contributed by atoms with Gasteiger partial charge in [-0.15, -0.1) is 0 Å². The molecule has 10 heteroatoms. The van der Waals surface area contributed by atoms with Crippen LogP contribution in [0.15, 0.2) is 24.3 Å². The average molecular weight is 418 g/mol. The Bertz CT molecular complexity index is 974. The third-order valence-corrected chi connectivity index (χ3v) is 7.34. The molecule has 0 spiro atoms. The van der Waals surface area contributed by atoms with Crippen molar-refractivity contribution < 1.29 is 8.42 Å². The molecule has 1 unspecified atom stereocenters. The van der Waals surface area contributed by atoms with Crippen LogP contribution in [0.2, 0.25) is 0 Å². The van der Waals surface area contributed by atoms with Gasteiger partial charge in [-0.3, -0.25) is 9.80 Å². The monoisotopic (exact) mass is 417 g/mol. The van der Waals surface area contributed by atoms with E-state index in [2.05, 4.69) is 30.1 Å². The zero-order valence-corrected chi connectivity index (χ0v) is 17.4. The Kier molecular flexibility index (Phi) is 5.66. The second-order valence-corrected chi connectivity index (χ2v) is 9.97. The molecule has 0 amide bonds. The minimum atomic E-state index is -2.85. The van der Waals surface area contributed by atoms with Crippen molar-refractivity contribution in [3.8, 4) is 0 Å². The predicted octanol–water partition coefficient (Wildman–Crippen LogP) is 0.811. The van der Waals surface area contributed by atoms with Crippen LogP contribution >= 0.6 is 0 Å². The number of hydrogen-bond donors (Lipinski definition) is 2. The molecule has 156 valence electrons. The van der Waals surface area contributed by atoms with Crippen molar-refractivity contribution in [3.63, 3.8) is 0 Å². The third-order valence-electron chi connectivity index (χ3n) is 5.59. The second-order valence-electron chi connectivity index (χ2n) is 7.74. The maximum absolute atomic E-state index is 11.7. The molecule has 9 nitrogen and oxygen atoms in total. The standard InChI is InChI=1S/C19H27N7O2S/c1-14-4-2-3-5-16(14)21-19-23-17(22-18(20)24-19)12-25-7-9-26(10-8-25)15-6-11-29(27,28)13-15/h2-5,15H,6-13H2,1H3,(H3,20,21,22,23,24). The molecule has 2 fully saturated rings. The number of sulfone groups is 1. The molecule has 0 radical (unpaired) electrons. The van der Waals surface area contributed by atoms with Gasteiger partial charge in [0.2, 0.25) is 11.9 Å². The van der Waals surface area contributed by atoms with Crippen molar-refractivity contribution in [2.75, 3.05) is 48.7 Å². The zero-order valence-electron chi connectivity index (χ0n) is 16.6. The summed E-state index contributed by atoms with van der Waals surface area (Å²) in [5.74, 6) is 1.88. The second kappa shape index (κ2) is 8.21. The summed E-state index contributed by atoms with van der Waals surface area (Å²) in [5, 5.41) is 3.22. The van der Waals surface area contributed by atoms with Crippen LogP contribution in [0.3, 0.4) is 0 Å². The number of aromatic nitrogens is 3. The number of hydrogen-bond acceptors (Lipinski definition) is 9. The largest absolute Gasteiger partial charge is 0.368 e. The molecule has 4 rings (SSSR count). The molecule has 2 aliphatic rings. The summed E-state index contributed by atoms with van der Waals surface area (Å²) in [7, 11) is -2.85. The Morgan fingerprint density at radius 1 is 1.14 bits per heavy atom. The molecule has 0 bridgehead atoms. The van der Waals surface area contributed by atoms with Crippen LogP contribution in [-0.2, 0) is 16.4 Å². The fourth-order valence-electron chi connectivity index (χ4n) is 3.95. The Morgan fingerprint density at radius 3 is 2.59 bits per heavy atom. The first-order valence-electron chi connectivity index (χ1n) is 9.88. The van der Waals surface area contributed by atoms with Crippen LogP contribution in [0.4, 0.5) is 17.6 Å². The lowest BCUT2D eigenvalue weighted by molar-refractivity contribution is 0.0984. The van der Waals surface area contributed by atoms with E-state index < -0.39 is 9.84 Å². The van der Waals surface area contributed by atoms with Crippen LogP contribution in [0.1, 0.15) is 17.8 Å². The van der Waals surface area contributed by atoms with Crippen LogP contribution < -0.4 is 11.1 Å². The maximum atomic E-state index is 11.7. The minimum Gasteiger partial charge on any atom is -0.368 e. The van der Waals surface area contributed by atoms with Crippen molar-refractivity contribution in [2.45, 2.75) is 25.9 Å². The van der Waals surface area contributed by atoms with Crippen molar-refractivity contribution in [1.82, 2.24) is 24.8 Å². The molecular formula is C19H27N7O2S. The number of nitrogens with one attached hydrogen (secondary N) is 1. The molecule has 29 heavy (non-hydrogen) atoms. The number of anilines is 3. The van der Waals surface area contributed by atoms with E-state index >= 15 is 0 Å². The number of aryl methyl sites for hydroxylation is 1. The minimum absolute atomic E-state index is 0.167. The van der Waals surface area contributed by atoms with Gasteiger partial charge in [0.1, 0.15) is 5.82 Å². The van der Waals surface area contributed by atoms with Gasteiger partial charge >= 0.3 is 0 Å². The van der Waals surface area contributed by atoms with E-state index in [1.807, 2.05) is 31.2 Å². The molecule has 2 aromatic rings. The van der Waals surface area contributed by atoms with Crippen molar-refractivity contribution in [2.24, 2.45) is 0 Å². The first-order chi connectivity index (χ1) is 13.9. The van der Waals surface area contributed by atoms with Gasteiger partial charge in [-0.2, -0.15) is 15.0 Å². The summed E-state index contributed by atoms with van der Waals surface area (Å²) in [6.45, 7) is 6.02. The van der Waals surface area contributed by atoms with Gasteiger partial charge in [0.05, 0.1) is 18.1 Å². The fourth-order valence-corrected chi connectivity index (χ4v) is 5.71. The van der Waals surface area contributed by atoms with Crippen molar-refractivity contribution >= 4 is 27.4 Å². The van der Waals surface area contributed by atoms with Crippen molar-refractivity contribution in [1.29, 1.82) is 0 Å². The van der Waals surface area contributed by atoms with Gasteiger partial charge in [0.25, 0.3) is 0 Å². The molecule has 3 heterocycles. The van der Waals surface area contributed by atoms with Gasteiger partial charge in [-0.1, -0.05) is 18.2 Å². The molecule has 0 saturated carbocycles. The zero-order chi connectivity index (χ0) is 20.4. The third kappa shape index (κ3) is 5.01. The molecule has 1 aromatic heterocycles. The van der Waals surface area contributed by atoms with Crippen LogP contribution in [0.5, 0.6) is 0 Å². The predicted molar refractivity (Wildman–Crippen MR) is 113 cm³/mol. The lowest BCUT2D eigenvalue weighted by Crippen LogP contribution is -2.50. The molecule has 1 atom stereocenters. The summed E-state index contributed by atoms with van der Waals surface area (Å²) < 4.78 is 23.5. The van der Waals surface area contributed by atoms with Crippen LogP contribution in [0, 0.1) is 6.92 Å². The Balaban J connectivity index is 1.36. The van der Waals surface area contributed by atoms with E-state index in [0.29, 0.717) is 29.8 Å². The van der Waals surface area contributed by atoms with Gasteiger partial charge in [-0.25, -0.2) is 8.42 Å². The smallest absolute Gasteiger partial charge is 0.232 e. The summed E-state index contributed by atoms with van der Waals surface area (Å²) >= 11 is 0. The van der Waals surface area contributed by atoms with E-state index in [1.165, 1.54) is 0 Å². The lowest BCUT2D eigenvalue weighted by atomic mass is 10.2. The molecule has 1 aromatic carbocycles. The van der Waals surface area contributed by atoms with E-state index in [9.17, 15) is 8.42 Å². The molecule has 0 aliphatic carbocycles. The summed E-state index contributed by atoms with van der Waals surface area (Å²) in [6, 6.07) is 8.09. The van der Waals surface area contributed by atoms with E-state index in [4.69, 9.17) is 5.73 Å². The maximum Gasteiger partial charge on any atom is 0.232 e. The highest BCUT2D eigenvalue weighted by molar-refractivity contribution is 7.91. The summed E-state index contributed by atoms with van der Waals surface area (Å²) in [6.07, 6.45) is 0.750. The first kappa shape index (κ1) is 20.0. The molecule has 2 saturated heterocycles. The van der Waals surface area contributed by atoms with Crippen LogP contribution in [0.25, 0.3) is 0 Å².